The van der Waals surface area contributed by atoms with E-state index >= 15 is 0 Å². The lowest BCUT2D eigenvalue weighted by Crippen LogP contribution is -2.34. The van der Waals surface area contributed by atoms with Crippen molar-refractivity contribution in [2.75, 3.05) is 44.2 Å². The first-order valence-corrected chi connectivity index (χ1v) is 12.9. The van der Waals surface area contributed by atoms with Crippen LogP contribution in [0.1, 0.15) is 27.2 Å². The van der Waals surface area contributed by atoms with Crippen molar-refractivity contribution < 1.29 is 24.1 Å². The Labute approximate surface area is 234 Å². The number of methoxy groups -OCH3 is 2. The van der Waals surface area contributed by atoms with Crippen LogP contribution in [0, 0.1) is 0 Å². The number of amides is 1. The highest BCUT2D eigenvalue weighted by Crippen LogP contribution is 2.34. The molecule has 1 N–H and O–H groups in total. The van der Waals surface area contributed by atoms with Gasteiger partial charge in [0.05, 0.1) is 37.1 Å². The van der Waals surface area contributed by atoms with Crippen LogP contribution in [-0.2, 0) is 4.74 Å². The number of carbonyl (C=O) groups is 1. The Hall–Kier alpha value is -4.44. The molecule has 10 heteroatoms. The largest absolute Gasteiger partial charge is 0.497 e. The Kier molecular flexibility index (Phi) is 8.69. The average molecular weight is 546 g/mol. The van der Waals surface area contributed by atoms with Crippen LogP contribution in [0.4, 0.5) is 22.0 Å². The van der Waals surface area contributed by atoms with Gasteiger partial charge < -0.3 is 24.2 Å². The molecule has 0 bridgehead atoms. The summed E-state index contributed by atoms with van der Waals surface area (Å²) in [5.41, 5.74) is 4.00. The fraction of sp³-hybridized carbons (Fsp3) is 0.333. The molecule has 0 radical (unpaired) electrons. The highest BCUT2D eigenvalue weighted by atomic mass is 16.6. The van der Waals surface area contributed by atoms with Gasteiger partial charge in [-0.15, -0.1) is 0 Å². The van der Waals surface area contributed by atoms with Gasteiger partial charge >= 0.3 is 6.09 Å². The number of benzene rings is 2. The number of hydrogen-bond donors (Lipinski definition) is 1. The van der Waals surface area contributed by atoms with Crippen LogP contribution in [-0.4, -0.2) is 66.2 Å². The summed E-state index contributed by atoms with van der Waals surface area (Å²) in [7, 11) is 4.84. The van der Waals surface area contributed by atoms with Crippen molar-refractivity contribution in [2.24, 2.45) is 0 Å². The van der Waals surface area contributed by atoms with E-state index in [1.54, 1.807) is 39.7 Å². The molecular weight excluding hydrogens is 510 g/mol. The van der Waals surface area contributed by atoms with E-state index in [2.05, 4.69) is 14.9 Å². The second-order valence-electron chi connectivity index (χ2n) is 10.2. The van der Waals surface area contributed by atoms with Crippen LogP contribution in [0.15, 0.2) is 60.9 Å². The normalized spacial score (nSPS) is 11.3. The van der Waals surface area contributed by atoms with Gasteiger partial charge in [0.25, 0.3) is 0 Å². The van der Waals surface area contributed by atoms with Crippen LogP contribution in [0.5, 0.6) is 11.5 Å². The van der Waals surface area contributed by atoms with Gasteiger partial charge in [-0.2, -0.15) is 0 Å². The van der Waals surface area contributed by atoms with Gasteiger partial charge in [-0.05, 0) is 57.5 Å². The minimum Gasteiger partial charge on any atom is -0.497 e. The number of anilines is 3. The molecule has 2 heterocycles. The van der Waals surface area contributed by atoms with Crippen molar-refractivity contribution in [2.45, 2.75) is 32.8 Å². The van der Waals surface area contributed by atoms with Crippen LogP contribution in [0.2, 0.25) is 0 Å². The topological polar surface area (TPSA) is 110 Å². The molecule has 0 saturated heterocycles. The summed E-state index contributed by atoms with van der Waals surface area (Å²) >= 11 is 0. The van der Waals surface area contributed by atoms with E-state index in [1.165, 1.54) is 4.90 Å². The van der Waals surface area contributed by atoms with E-state index in [0.29, 0.717) is 41.5 Å². The molecule has 0 aliphatic carbocycles. The highest BCUT2D eigenvalue weighted by Gasteiger charge is 2.21. The zero-order valence-corrected chi connectivity index (χ0v) is 23.7. The van der Waals surface area contributed by atoms with Gasteiger partial charge in [0.2, 0.25) is 0 Å². The lowest BCUT2D eigenvalue weighted by atomic mass is 10.1. The molecule has 0 fully saturated rings. The second-order valence-corrected chi connectivity index (χ2v) is 10.2. The maximum Gasteiger partial charge on any atom is 0.415 e. The molecule has 0 aliphatic rings. The van der Waals surface area contributed by atoms with Crippen molar-refractivity contribution >= 4 is 34.3 Å². The summed E-state index contributed by atoms with van der Waals surface area (Å²) in [6.45, 7) is 6.08. The van der Waals surface area contributed by atoms with E-state index in [-0.39, 0.29) is 6.61 Å². The van der Waals surface area contributed by atoms with Crippen molar-refractivity contribution in [3.8, 4) is 22.8 Å². The number of aromatic nitrogens is 3. The number of hydrogen-bond acceptors (Lipinski definition) is 9. The first-order chi connectivity index (χ1) is 19.1. The Balaban J connectivity index is 1.65. The third kappa shape index (κ3) is 6.76. The van der Waals surface area contributed by atoms with Gasteiger partial charge in [0.15, 0.2) is 0 Å². The van der Waals surface area contributed by atoms with Gasteiger partial charge in [-0.1, -0.05) is 0 Å². The van der Waals surface area contributed by atoms with Crippen molar-refractivity contribution in [1.82, 2.24) is 15.0 Å². The quantitative estimate of drug-likeness (QED) is 0.287. The highest BCUT2D eigenvalue weighted by molar-refractivity contribution is 5.86. The van der Waals surface area contributed by atoms with Gasteiger partial charge in [0.1, 0.15) is 22.9 Å². The molecule has 2 aromatic carbocycles. The predicted molar refractivity (Wildman–Crippen MR) is 156 cm³/mol. The fourth-order valence-electron chi connectivity index (χ4n) is 4.05. The van der Waals surface area contributed by atoms with E-state index < -0.39 is 11.7 Å². The third-order valence-electron chi connectivity index (χ3n) is 6.08. The van der Waals surface area contributed by atoms with E-state index in [4.69, 9.17) is 19.2 Å². The molecule has 0 saturated carbocycles. The van der Waals surface area contributed by atoms with Gasteiger partial charge in [0, 0.05) is 61.5 Å². The molecule has 0 spiro atoms. The summed E-state index contributed by atoms with van der Waals surface area (Å²) in [6.07, 6.45) is 3.45. The number of fused-ring (bicyclic) bond motifs is 1. The predicted octanol–water partition coefficient (Wildman–Crippen LogP) is 5.60. The zero-order chi connectivity index (χ0) is 28.9. The SMILES string of the molecule is COc1cc(OC)cc(N(CCCO)c2ccc3ncc(-c4ccc(N(C)C(=O)OC(C)(C)C)nc4)nc3c2)c1. The zero-order valence-electron chi connectivity index (χ0n) is 23.7. The van der Waals surface area contributed by atoms with E-state index in [9.17, 15) is 9.90 Å². The molecule has 0 atom stereocenters. The lowest BCUT2D eigenvalue weighted by molar-refractivity contribution is 0.0588. The number of nitrogens with zero attached hydrogens (tertiary/aromatic N) is 5. The monoisotopic (exact) mass is 545 g/mol. The van der Waals surface area contributed by atoms with Crippen LogP contribution in [0.3, 0.4) is 0 Å². The van der Waals surface area contributed by atoms with Crippen LogP contribution in [0.25, 0.3) is 22.3 Å². The Bertz CT molecular complexity index is 1450. The number of aliphatic hydroxyl groups excluding tert-OH is 1. The molecule has 40 heavy (non-hydrogen) atoms. The minimum atomic E-state index is -0.600. The smallest absolute Gasteiger partial charge is 0.415 e. The maximum atomic E-state index is 12.4. The van der Waals surface area contributed by atoms with Gasteiger partial charge in [-0.25, -0.2) is 14.8 Å². The molecule has 4 rings (SSSR count). The number of carbonyl (C=O) groups excluding carboxylic acids is 1. The van der Waals surface area contributed by atoms with Crippen molar-refractivity contribution in [3.05, 3.63) is 60.9 Å². The van der Waals surface area contributed by atoms with Crippen LogP contribution < -0.4 is 19.3 Å². The Morgan fingerprint density at radius 3 is 2.23 bits per heavy atom. The Morgan fingerprint density at radius 2 is 1.62 bits per heavy atom. The molecule has 4 aromatic rings. The summed E-state index contributed by atoms with van der Waals surface area (Å²) in [4.78, 5) is 29.7. The van der Waals surface area contributed by atoms with Crippen molar-refractivity contribution in [3.63, 3.8) is 0 Å². The number of pyridine rings is 1. The summed E-state index contributed by atoms with van der Waals surface area (Å²) in [5, 5.41) is 9.55. The second kappa shape index (κ2) is 12.2. The minimum absolute atomic E-state index is 0.0568. The van der Waals surface area contributed by atoms with Crippen LogP contribution >= 0.6 is 0 Å². The third-order valence-corrected chi connectivity index (χ3v) is 6.08. The summed E-state index contributed by atoms with van der Waals surface area (Å²) in [6, 6.07) is 15.1. The molecule has 0 aliphatic heterocycles. The average Bonchev–Trinajstić information content (AvgIpc) is 2.95. The Morgan fingerprint density at radius 1 is 0.900 bits per heavy atom. The number of aliphatic hydroxyl groups is 1. The molecule has 2 aromatic heterocycles. The van der Waals surface area contributed by atoms with E-state index in [0.717, 1.165) is 22.5 Å². The summed E-state index contributed by atoms with van der Waals surface area (Å²) in [5.74, 6) is 1.79. The summed E-state index contributed by atoms with van der Waals surface area (Å²) < 4.78 is 16.4. The number of rotatable bonds is 9. The number of ether oxygens (including phenoxy) is 3. The standard InChI is InChI=1S/C30H35N5O5/c1-30(2,3)40-29(37)34(4)28-11-8-20(18-32-28)27-19-31-25-10-9-21(16-26(25)33-27)35(12-7-13-36)22-14-23(38-5)17-24(15-22)39-6/h8-11,14-19,36H,7,12-13H2,1-6H3. The van der Waals surface area contributed by atoms with E-state index in [1.807, 2.05) is 63.2 Å². The molecule has 210 valence electrons. The molecule has 0 unspecified atom stereocenters. The lowest BCUT2D eigenvalue weighted by Gasteiger charge is -2.26. The van der Waals surface area contributed by atoms with Gasteiger partial charge in [-0.3, -0.25) is 9.88 Å². The molecule has 10 nitrogen and oxygen atoms in total. The first-order valence-electron chi connectivity index (χ1n) is 12.9. The fourth-order valence-corrected chi connectivity index (χ4v) is 4.05. The van der Waals surface area contributed by atoms with Crippen molar-refractivity contribution in [1.29, 1.82) is 0 Å². The first kappa shape index (κ1) is 28.6. The maximum absolute atomic E-state index is 12.4. The molecular formula is C30H35N5O5. The molecule has 1 amide bonds.